The molecule has 0 unspecified atom stereocenters. The maximum absolute atomic E-state index is 14.0. The number of aromatic nitrogens is 1. The highest BCUT2D eigenvalue weighted by Gasteiger charge is 2.31. The minimum atomic E-state index is -0.174. The van der Waals surface area contributed by atoms with Crippen LogP contribution in [-0.2, 0) is 0 Å². The van der Waals surface area contributed by atoms with E-state index in [0.29, 0.717) is 0 Å². The van der Waals surface area contributed by atoms with Crippen LogP contribution in [0.15, 0.2) is 12.1 Å². The number of rotatable bonds is 1. The Morgan fingerprint density at radius 1 is 1.35 bits per heavy atom. The number of thiazole rings is 1. The molecule has 1 aliphatic rings. The normalized spacial score (nSPS) is 17.4. The van der Waals surface area contributed by atoms with Gasteiger partial charge in [0.2, 0.25) is 0 Å². The number of aryl methyl sites for hydroxylation is 1. The third-order valence-corrected chi connectivity index (χ3v) is 5.20. The van der Waals surface area contributed by atoms with Crippen molar-refractivity contribution in [3.05, 3.63) is 33.4 Å². The second kappa shape index (κ2) is 4.55. The molecule has 2 heterocycles. The zero-order chi connectivity index (χ0) is 14.6. The van der Waals surface area contributed by atoms with Gasteiger partial charge in [0.1, 0.15) is 5.82 Å². The van der Waals surface area contributed by atoms with E-state index >= 15 is 0 Å². The molecule has 0 spiro atoms. The fourth-order valence-electron chi connectivity index (χ4n) is 2.92. The third-order valence-electron chi connectivity index (χ3n) is 4.05. The van der Waals surface area contributed by atoms with Crippen LogP contribution in [0, 0.1) is 12.7 Å². The average molecular weight is 290 g/mol. The summed E-state index contributed by atoms with van der Waals surface area (Å²) in [6, 6.07) is 3.57. The van der Waals surface area contributed by atoms with Crippen LogP contribution in [0.1, 0.15) is 48.2 Å². The van der Waals surface area contributed by atoms with E-state index in [1.54, 1.807) is 23.5 Å². The van der Waals surface area contributed by atoms with Crippen LogP contribution in [0.25, 0.3) is 11.3 Å². The molecule has 0 fully saturated rings. The van der Waals surface area contributed by atoms with E-state index in [1.165, 1.54) is 4.88 Å². The van der Waals surface area contributed by atoms with E-state index < -0.39 is 0 Å². The van der Waals surface area contributed by atoms with Crippen molar-refractivity contribution in [1.82, 2.24) is 4.98 Å². The fraction of sp³-hybridized carbons (Fsp3) is 0.438. The van der Waals surface area contributed by atoms with Gasteiger partial charge in [-0.15, -0.1) is 11.3 Å². The van der Waals surface area contributed by atoms with Crippen LogP contribution in [0.4, 0.5) is 10.1 Å². The highest BCUT2D eigenvalue weighted by molar-refractivity contribution is 7.12. The largest absolute Gasteiger partial charge is 0.366 e. The zero-order valence-electron chi connectivity index (χ0n) is 12.5. The summed E-state index contributed by atoms with van der Waals surface area (Å²) < 4.78 is 14.0. The molecule has 0 saturated carbocycles. The van der Waals surface area contributed by atoms with Gasteiger partial charge in [0, 0.05) is 12.6 Å². The topological polar surface area (TPSA) is 16.1 Å². The minimum Gasteiger partial charge on any atom is -0.366 e. The first-order valence-electron chi connectivity index (χ1n) is 6.94. The highest BCUT2D eigenvalue weighted by Crippen LogP contribution is 2.48. The molecule has 0 amide bonds. The summed E-state index contributed by atoms with van der Waals surface area (Å²) in [6.07, 6.45) is 0. The van der Waals surface area contributed by atoms with Crippen molar-refractivity contribution in [3.63, 3.8) is 0 Å². The second-order valence-electron chi connectivity index (χ2n) is 5.78. The van der Waals surface area contributed by atoms with E-state index in [1.807, 2.05) is 6.92 Å². The summed E-state index contributed by atoms with van der Waals surface area (Å²) in [5.74, 6) is 0.113. The van der Waals surface area contributed by atoms with Crippen LogP contribution >= 0.6 is 11.3 Å². The molecule has 0 bridgehead atoms. The predicted molar refractivity (Wildman–Crippen MR) is 83.2 cm³/mol. The summed E-state index contributed by atoms with van der Waals surface area (Å²) in [5.41, 5.74) is 4.10. The maximum Gasteiger partial charge on any atom is 0.124 e. The smallest absolute Gasteiger partial charge is 0.124 e. The first-order chi connectivity index (χ1) is 9.40. The summed E-state index contributed by atoms with van der Waals surface area (Å²) >= 11 is 1.71. The number of anilines is 1. The van der Waals surface area contributed by atoms with Crippen LogP contribution in [0.3, 0.4) is 0 Å². The Morgan fingerprint density at radius 3 is 2.70 bits per heavy atom. The Morgan fingerprint density at radius 2 is 2.05 bits per heavy atom. The number of hydrogen-bond donors (Lipinski definition) is 0. The maximum atomic E-state index is 14.0. The lowest BCUT2D eigenvalue weighted by molar-refractivity contribution is 0.621. The van der Waals surface area contributed by atoms with E-state index in [-0.39, 0.29) is 17.8 Å². The Balaban J connectivity index is 2.36. The average Bonchev–Trinajstić information content (AvgIpc) is 2.77. The Bertz CT molecular complexity index is 675. The molecule has 106 valence electrons. The quantitative estimate of drug-likeness (QED) is 0.743. The molecule has 1 aliphatic heterocycles. The van der Waals surface area contributed by atoms with Gasteiger partial charge in [-0.05, 0) is 37.5 Å². The predicted octanol–water partition coefficient (Wildman–Crippen LogP) is 4.89. The van der Waals surface area contributed by atoms with Gasteiger partial charge in [-0.25, -0.2) is 9.37 Å². The minimum absolute atomic E-state index is 0.174. The summed E-state index contributed by atoms with van der Waals surface area (Å²) in [6.45, 7) is 8.41. The van der Waals surface area contributed by atoms with Gasteiger partial charge in [-0.3, -0.25) is 0 Å². The number of fused-ring (bicyclic) bond motifs is 3. The van der Waals surface area contributed by atoms with Gasteiger partial charge in [0.15, 0.2) is 0 Å². The van der Waals surface area contributed by atoms with Crippen molar-refractivity contribution in [2.75, 3.05) is 11.9 Å². The van der Waals surface area contributed by atoms with Crippen LogP contribution in [0.5, 0.6) is 0 Å². The van der Waals surface area contributed by atoms with E-state index in [0.717, 1.165) is 27.5 Å². The molecule has 0 aliphatic carbocycles. The van der Waals surface area contributed by atoms with Crippen molar-refractivity contribution < 1.29 is 4.39 Å². The highest BCUT2D eigenvalue weighted by atomic mass is 32.1. The molecule has 4 heteroatoms. The fourth-order valence-corrected chi connectivity index (χ4v) is 3.96. The molecule has 2 aromatic rings. The van der Waals surface area contributed by atoms with Crippen LogP contribution in [-0.4, -0.2) is 12.0 Å². The van der Waals surface area contributed by atoms with Gasteiger partial charge < -0.3 is 4.90 Å². The number of nitrogens with zero attached hydrogens (tertiary/aromatic N) is 2. The first kappa shape index (κ1) is 13.6. The molecular formula is C16H19FN2S. The van der Waals surface area contributed by atoms with Gasteiger partial charge in [-0.2, -0.15) is 0 Å². The molecule has 1 aromatic heterocycles. The molecule has 1 aromatic carbocycles. The van der Waals surface area contributed by atoms with E-state index in [4.69, 9.17) is 0 Å². The van der Waals surface area contributed by atoms with Crippen molar-refractivity contribution in [2.45, 2.75) is 39.7 Å². The molecule has 20 heavy (non-hydrogen) atoms. The molecule has 0 radical (unpaired) electrons. The van der Waals surface area contributed by atoms with Crippen LogP contribution < -0.4 is 4.90 Å². The lowest BCUT2D eigenvalue weighted by atomic mass is 9.91. The van der Waals surface area contributed by atoms with Gasteiger partial charge >= 0.3 is 0 Å². The molecule has 1 atom stereocenters. The van der Waals surface area contributed by atoms with E-state index in [2.05, 4.69) is 37.7 Å². The number of halogens is 1. The Labute approximate surface area is 123 Å². The SMILES string of the molecule is Cc1nc2c(s1)[C@@H](C)N(C)c1c-2cc(F)cc1C(C)C. The Kier molecular flexibility index (Phi) is 3.09. The zero-order valence-corrected chi connectivity index (χ0v) is 13.3. The molecule has 3 rings (SSSR count). The number of hydrogen-bond acceptors (Lipinski definition) is 3. The summed E-state index contributed by atoms with van der Waals surface area (Å²) in [5, 5.41) is 1.04. The summed E-state index contributed by atoms with van der Waals surface area (Å²) in [7, 11) is 2.09. The van der Waals surface area contributed by atoms with Crippen LogP contribution in [0.2, 0.25) is 0 Å². The molecule has 0 N–H and O–H groups in total. The first-order valence-corrected chi connectivity index (χ1v) is 7.75. The lowest BCUT2D eigenvalue weighted by Gasteiger charge is -2.35. The second-order valence-corrected chi connectivity index (χ2v) is 7.01. The van der Waals surface area contributed by atoms with Crippen molar-refractivity contribution in [2.24, 2.45) is 0 Å². The van der Waals surface area contributed by atoms with Crippen molar-refractivity contribution >= 4 is 17.0 Å². The monoisotopic (exact) mass is 290 g/mol. The molecule has 2 nitrogen and oxygen atoms in total. The van der Waals surface area contributed by atoms with Gasteiger partial charge in [0.25, 0.3) is 0 Å². The van der Waals surface area contributed by atoms with Crippen molar-refractivity contribution in [1.29, 1.82) is 0 Å². The molecule has 0 saturated heterocycles. The molecular weight excluding hydrogens is 271 g/mol. The van der Waals surface area contributed by atoms with E-state index in [9.17, 15) is 4.39 Å². The number of benzene rings is 1. The van der Waals surface area contributed by atoms with Gasteiger partial charge in [0.05, 0.1) is 27.3 Å². The van der Waals surface area contributed by atoms with Gasteiger partial charge in [-0.1, -0.05) is 13.8 Å². The standard InChI is InChI=1S/C16H19FN2S/c1-8(2)12-6-11(17)7-13-14-16(20-10(4)18-14)9(3)19(5)15(12)13/h6-9H,1-5H3/t9-/m1/s1. The third kappa shape index (κ3) is 1.85. The van der Waals surface area contributed by atoms with Crippen molar-refractivity contribution in [3.8, 4) is 11.3 Å². The Hall–Kier alpha value is -1.42. The summed E-state index contributed by atoms with van der Waals surface area (Å²) in [4.78, 5) is 8.13. The lowest BCUT2D eigenvalue weighted by Crippen LogP contribution is -2.27.